The molecule has 92 valence electrons. The molecule has 1 unspecified atom stereocenters. The molecule has 0 saturated carbocycles. The largest absolute Gasteiger partial charge is 0.361 e. The summed E-state index contributed by atoms with van der Waals surface area (Å²) in [6.07, 6.45) is 1.06. The van der Waals surface area contributed by atoms with E-state index in [1.54, 1.807) is 0 Å². The Hall–Kier alpha value is -1.84. The third-order valence-electron chi connectivity index (χ3n) is 2.98. The zero-order valence-corrected chi connectivity index (χ0v) is 10.4. The standard InChI is InChI=1S/C13H18N2O2/c1-4-9(2)10-5-7-11(8-6-10)15(3)13(17)12(14)16/h5-9H,4H2,1-3H3,(H2,14,16). The number of nitrogens with two attached hydrogens (primary N) is 1. The molecule has 2 amide bonds. The zero-order chi connectivity index (χ0) is 13.0. The van der Waals surface area contributed by atoms with Crippen LogP contribution in [0.3, 0.4) is 0 Å². The van der Waals surface area contributed by atoms with Gasteiger partial charge in [0, 0.05) is 12.7 Å². The van der Waals surface area contributed by atoms with Crippen molar-refractivity contribution in [2.75, 3.05) is 11.9 Å². The summed E-state index contributed by atoms with van der Waals surface area (Å²) < 4.78 is 0. The lowest BCUT2D eigenvalue weighted by Gasteiger charge is -2.16. The van der Waals surface area contributed by atoms with Gasteiger partial charge in [-0.3, -0.25) is 9.59 Å². The molecule has 0 aliphatic rings. The molecule has 0 spiro atoms. The lowest BCUT2D eigenvalue weighted by Crippen LogP contribution is -2.37. The van der Waals surface area contributed by atoms with Crippen LogP contribution in [-0.2, 0) is 9.59 Å². The number of hydrogen-bond acceptors (Lipinski definition) is 2. The van der Waals surface area contributed by atoms with Crippen LogP contribution < -0.4 is 10.6 Å². The van der Waals surface area contributed by atoms with E-state index >= 15 is 0 Å². The molecule has 0 aliphatic carbocycles. The van der Waals surface area contributed by atoms with E-state index in [1.165, 1.54) is 17.5 Å². The van der Waals surface area contributed by atoms with Gasteiger partial charge in [0.25, 0.3) is 0 Å². The first-order valence-electron chi connectivity index (χ1n) is 5.64. The predicted molar refractivity (Wildman–Crippen MR) is 67.8 cm³/mol. The summed E-state index contributed by atoms with van der Waals surface area (Å²) in [5, 5.41) is 0. The van der Waals surface area contributed by atoms with Crippen LogP contribution in [0.4, 0.5) is 5.69 Å². The van der Waals surface area contributed by atoms with Gasteiger partial charge >= 0.3 is 11.8 Å². The Morgan fingerprint density at radius 2 is 1.82 bits per heavy atom. The van der Waals surface area contributed by atoms with E-state index in [4.69, 9.17) is 5.73 Å². The number of likely N-dealkylation sites (N-methyl/N-ethyl adjacent to an activating group) is 1. The molecule has 1 rings (SSSR count). The van der Waals surface area contributed by atoms with Gasteiger partial charge in [-0.25, -0.2) is 0 Å². The number of primary amides is 1. The highest BCUT2D eigenvalue weighted by atomic mass is 16.2. The van der Waals surface area contributed by atoms with Crippen LogP contribution in [0, 0.1) is 0 Å². The minimum Gasteiger partial charge on any atom is -0.361 e. The third-order valence-corrected chi connectivity index (χ3v) is 2.98. The van der Waals surface area contributed by atoms with Gasteiger partial charge in [0.05, 0.1) is 0 Å². The second-order valence-electron chi connectivity index (χ2n) is 4.13. The molecule has 17 heavy (non-hydrogen) atoms. The maximum absolute atomic E-state index is 11.4. The summed E-state index contributed by atoms with van der Waals surface area (Å²) in [5.41, 5.74) is 6.83. The summed E-state index contributed by atoms with van der Waals surface area (Å²) in [6, 6.07) is 7.58. The van der Waals surface area contributed by atoms with Gasteiger partial charge < -0.3 is 10.6 Å². The molecule has 0 bridgehead atoms. The van der Waals surface area contributed by atoms with E-state index in [1.807, 2.05) is 24.3 Å². The molecule has 1 atom stereocenters. The number of carbonyl (C=O) groups excluding carboxylic acids is 2. The highest BCUT2D eigenvalue weighted by molar-refractivity contribution is 6.39. The Balaban J connectivity index is 2.87. The highest BCUT2D eigenvalue weighted by Gasteiger charge is 2.16. The fraction of sp³-hybridized carbons (Fsp3) is 0.385. The van der Waals surface area contributed by atoms with Gasteiger partial charge in [-0.05, 0) is 30.0 Å². The minimum atomic E-state index is -0.946. The van der Waals surface area contributed by atoms with Crippen molar-refractivity contribution in [2.24, 2.45) is 5.73 Å². The Labute approximate surface area is 101 Å². The number of rotatable bonds is 3. The molecule has 4 nitrogen and oxygen atoms in total. The summed E-state index contributed by atoms with van der Waals surface area (Å²) in [4.78, 5) is 23.4. The Morgan fingerprint density at radius 1 is 1.29 bits per heavy atom. The average Bonchev–Trinajstić information content (AvgIpc) is 2.36. The van der Waals surface area contributed by atoms with Crippen LogP contribution in [0.1, 0.15) is 31.7 Å². The summed E-state index contributed by atoms with van der Waals surface area (Å²) >= 11 is 0. The number of amides is 2. The van der Waals surface area contributed by atoms with Crippen molar-refractivity contribution < 1.29 is 9.59 Å². The molecule has 0 fully saturated rings. The highest BCUT2D eigenvalue weighted by Crippen LogP contribution is 2.21. The van der Waals surface area contributed by atoms with Crippen LogP contribution in [0.15, 0.2) is 24.3 Å². The Morgan fingerprint density at radius 3 is 2.24 bits per heavy atom. The monoisotopic (exact) mass is 234 g/mol. The van der Waals surface area contributed by atoms with Crippen molar-refractivity contribution in [3.63, 3.8) is 0 Å². The van der Waals surface area contributed by atoms with Crippen LogP contribution in [0.25, 0.3) is 0 Å². The van der Waals surface area contributed by atoms with Crippen molar-refractivity contribution in [1.82, 2.24) is 0 Å². The van der Waals surface area contributed by atoms with Crippen LogP contribution in [0.5, 0.6) is 0 Å². The van der Waals surface area contributed by atoms with Gasteiger partial charge in [-0.1, -0.05) is 26.0 Å². The van der Waals surface area contributed by atoms with Crippen LogP contribution in [0.2, 0.25) is 0 Å². The van der Waals surface area contributed by atoms with Gasteiger partial charge in [-0.2, -0.15) is 0 Å². The van der Waals surface area contributed by atoms with E-state index in [2.05, 4.69) is 13.8 Å². The van der Waals surface area contributed by atoms with Crippen molar-refractivity contribution >= 4 is 17.5 Å². The van der Waals surface area contributed by atoms with Crippen LogP contribution in [-0.4, -0.2) is 18.9 Å². The lowest BCUT2D eigenvalue weighted by atomic mass is 9.98. The summed E-state index contributed by atoms with van der Waals surface area (Å²) in [5.74, 6) is -1.17. The molecule has 1 aromatic carbocycles. The molecule has 2 N–H and O–H groups in total. The zero-order valence-electron chi connectivity index (χ0n) is 10.4. The van der Waals surface area contributed by atoms with Gasteiger partial charge in [0.15, 0.2) is 0 Å². The van der Waals surface area contributed by atoms with Crippen molar-refractivity contribution in [2.45, 2.75) is 26.2 Å². The van der Waals surface area contributed by atoms with E-state index in [9.17, 15) is 9.59 Å². The third kappa shape index (κ3) is 3.06. The van der Waals surface area contributed by atoms with Crippen LogP contribution >= 0.6 is 0 Å². The number of carbonyl (C=O) groups is 2. The fourth-order valence-electron chi connectivity index (χ4n) is 1.54. The van der Waals surface area contributed by atoms with Gasteiger partial charge in [0.1, 0.15) is 0 Å². The minimum absolute atomic E-state index is 0.487. The Kier molecular flexibility index (Phi) is 4.26. The summed E-state index contributed by atoms with van der Waals surface area (Å²) in [6.45, 7) is 4.27. The first kappa shape index (κ1) is 13.2. The number of hydrogen-bond donors (Lipinski definition) is 1. The van der Waals surface area contributed by atoms with E-state index in [0.717, 1.165) is 6.42 Å². The van der Waals surface area contributed by atoms with Gasteiger partial charge in [0.2, 0.25) is 0 Å². The molecule has 0 saturated heterocycles. The maximum Gasteiger partial charge on any atom is 0.315 e. The van der Waals surface area contributed by atoms with Crippen molar-refractivity contribution in [3.05, 3.63) is 29.8 Å². The fourth-order valence-corrected chi connectivity index (χ4v) is 1.54. The van der Waals surface area contributed by atoms with Crippen molar-refractivity contribution in [3.8, 4) is 0 Å². The first-order valence-corrected chi connectivity index (χ1v) is 5.64. The number of nitrogens with zero attached hydrogens (tertiary/aromatic N) is 1. The molecule has 0 aliphatic heterocycles. The van der Waals surface area contributed by atoms with Gasteiger partial charge in [-0.15, -0.1) is 0 Å². The van der Waals surface area contributed by atoms with E-state index < -0.39 is 11.8 Å². The lowest BCUT2D eigenvalue weighted by molar-refractivity contribution is -0.135. The quantitative estimate of drug-likeness (QED) is 0.808. The second kappa shape index (κ2) is 5.48. The molecule has 0 heterocycles. The smallest absolute Gasteiger partial charge is 0.315 e. The number of benzene rings is 1. The average molecular weight is 234 g/mol. The maximum atomic E-state index is 11.4. The first-order chi connectivity index (χ1) is 7.97. The summed E-state index contributed by atoms with van der Waals surface area (Å²) in [7, 11) is 1.53. The normalized spacial score (nSPS) is 11.9. The molecular weight excluding hydrogens is 216 g/mol. The Bertz CT molecular complexity index is 412. The molecule has 0 radical (unpaired) electrons. The van der Waals surface area contributed by atoms with Crippen molar-refractivity contribution in [1.29, 1.82) is 0 Å². The number of anilines is 1. The second-order valence-corrected chi connectivity index (χ2v) is 4.13. The molecule has 4 heteroatoms. The van der Waals surface area contributed by atoms with E-state index in [-0.39, 0.29) is 0 Å². The topological polar surface area (TPSA) is 63.4 Å². The molecular formula is C13H18N2O2. The SMILES string of the molecule is CCC(C)c1ccc(N(C)C(=O)C(N)=O)cc1. The predicted octanol–water partition coefficient (Wildman–Crippen LogP) is 1.65. The molecule has 0 aromatic heterocycles. The van der Waals surface area contributed by atoms with E-state index in [0.29, 0.717) is 11.6 Å². The molecule has 1 aromatic rings.